The van der Waals surface area contributed by atoms with Gasteiger partial charge in [0.05, 0.1) is 0 Å². The Kier molecular flexibility index (Phi) is 4.74. The van der Waals surface area contributed by atoms with E-state index in [2.05, 4.69) is 37.2 Å². The Hall–Kier alpha value is 0.270. The van der Waals surface area contributed by atoms with Gasteiger partial charge in [0.25, 0.3) is 0 Å². The van der Waals surface area contributed by atoms with Crippen LogP contribution in [-0.2, 0) is 0 Å². The van der Waals surface area contributed by atoms with Gasteiger partial charge in [-0.2, -0.15) is 11.8 Å². The molecule has 1 aliphatic rings. The lowest BCUT2D eigenvalue weighted by molar-refractivity contribution is 0.140. The zero-order chi connectivity index (χ0) is 10.6. The van der Waals surface area contributed by atoms with E-state index >= 15 is 0 Å². The number of hydrogen-bond donors (Lipinski definition) is 1. The summed E-state index contributed by atoms with van der Waals surface area (Å²) in [6.07, 6.45) is 2.18. The molecule has 0 amide bonds. The number of nitrogens with zero attached hydrogens (tertiary/aromatic N) is 1. The second-order valence-electron chi connectivity index (χ2n) is 5.17. The van der Waals surface area contributed by atoms with Gasteiger partial charge in [-0.1, -0.05) is 20.8 Å². The summed E-state index contributed by atoms with van der Waals surface area (Å²) in [6, 6.07) is 0.651. The lowest BCUT2D eigenvalue weighted by atomic mass is 9.85. The topological polar surface area (TPSA) is 15.3 Å². The summed E-state index contributed by atoms with van der Waals surface area (Å²) >= 11 is 1.94. The highest BCUT2D eigenvalue weighted by molar-refractivity contribution is 7.98. The van der Waals surface area contributed by atoms with Crippen LogP contribution in [0.2, 0.25) is 0 Å². The number of thioether (sulfide) groups is 1. The van der Waals surface area contributed by atoms with E-state index in [0.717, 1.165) is 6.54 Å². The van der Waals surface area contributed by atoms with Gasteiger partial charge in [0.2, 0.25) is 0 Å². The molecule has 1 heterocycles. The maximum Gasteiger partial charge on any atom is 0.0244 e. The summed E-state index contributed by atoms with van der Waals surface area (Å²) in [5.41, 5.74) is 0.387. The normalized spacial score (nSPS) is 25.3. The van der Waals surface area contributed by atoms with Crippen LogP contribution in [0, 0.1) is 5.41 Å². The zero-order valence-electron chi connectivity index (χ0n) is 9.97. The Labute approximate surface area is 92.8 Å². The van der Waals surface area contributed by atoms with Gasteiger partial charge < -0.3 is 5.32 Å². The first-order valence-electron chi connectivity index (χ1n) is 5.48. The molecule has 84 valence electrons. The zero-order valence-corrected chi connectivity index (χ0v) is 10.8. The first-order valence-corrected chi connectivity index (χ1v) is 6.88. The van der Waals surface area contributed by atoms with E-state index in [1.807, 2.05) is 11.8 Å². The van der Waals surface area contributed by atoms with Crippen LogP contribution in [-0.4, -0.2) is 49.1 Å². The molecule has 2 nitrogen and oxygen atoms in total. The minimum absolute atomic E-state index is 0.387. The van der Waals surface area contributed by atoms with Crippen LogP contribution >= 0.6 is 11.8 Å². The molecule has 0 aromatic rings. The Balaban J connectivity index is 2.36. The summed E-state index contributed by atoms with van der Waals surface area (Å²) in [5.74, 6) is 1.26. The van der Waals surface area contributed by atoms with Crippen molar-refractivity contribution in [3.63, 3.8) is 0 Å². The highest BCUT2D eigenvalue weighted by atomic mass is 32.2. The fourth-order valence-corrected chi connectivity index (χ4v) is 2.26. The molecule has 1 fully saturated rings. The third-order valence-corrected chi connectivity index (χ3v) is 3.51. The van der Waals surface area contributed by atoms with Crippen LogP contribution in [0.4, 0.5) is 0 Å². The van der Waals surface area contributed by atoms with Crippen LogP contribution in [0.3, 0.4) is 0 Å². The molecular formula is C11H24N2S. The Morgan fingerprint density at radius 2 is 2.14 bits per heavy atom. The molecule has 1 rings (SSSR count). The quantitative estimate of drug-likeness (QED) is 0.772. The first-order chi connectivity index (χ1) is 6.54. The van der Waals surface area contributed by atoms with Crippen LogP contribution in [0.25, 0.3) is 0 Å². The standard InChI is InChI=1S/C11H24N2S/c1-11(2,3)10-9-13(6-5-12-10)7-8-14-4/h10,12H,5-9H2,1-4H3. The van der Waals surface area contributed by atoms with Gasteiger partial charge in [-0.05, 0) is 11.7 Å². The van der Waals surface area contributed by atoms with Crippen LogP contribution in [0.5, 0.6) is 0 Å². The first kappa shape index (κ1) is 12.3. The minimum Gasteiger partial charge on any atom is -0.311 e. The molecule has 0 saturated carbocycles. The Morgan fingerprint density at radius 3 is 2.71 bits per heavy atom. The number of rotatable bonds is 3. The SMILES string of the molecule is CSCCN1CCNC(C(C)(C)C)C1. The third kappa shape index (κ3) is 3.79. The fourth-order valence-electron chi connectivity index (χ4n) is 1.81. The minimum atomic E-state index is 0.387. The van der Waals surface area contributed by atoms with E-state index in [9.17, 15) is 0 Å². The van der Waals surface area contributed by atoms with E-state index < -0.39 is 0 Å². The lowest BCUT2D eigenvalue weighted by Gasteiger charge is -2.40. The van der Waals surface area contributed by atoms with Gasteiger partial charge in [0, 0.05) is 38.0 Å². The molecule has 14 heavy (non-hydrogen) atoms. The highest BCUT2D eigenvalue weighted by Gasteiger charge is 2.28. The van der Waals surface area contributed by atoms with Gasteiger partial charge in [0.1, 0.15) is 0 Å². The van der Waals surface area contributed by atoms with Crippen molar-refractivity contribution < 1.29 is 0 Å². The molecule has 1 saturated heterocycles. The molecular weight excluding hydrogens is 192 g/mol. The Bertz CT molecular complexity index is 165. The summed E-state index contributed by atoms with van der Waals surface area (Å²) in [5, 5.41) is 3.62. The summed E-state index contributed by atoms with van der Waals surface area (Å²) in [6.45, 7) is 11.8. The van der Waals surface area contributed by atoms with E-state index in [1.54, 1.807) is 0 Å². The highest BCUT2D eigenvalue weighted by Crippen LogP contribution is 2.21. The van der Waals surface area contributed by atoms with Crippen molar-refractivity contribution in [1.82, 2.24) is 10.2 Å². The average Bonchev–Trinajstić information content (AvgIpc) is 2.14. The molecule has 0 aromatic carbocycles. The van der Waals surface area contributed by atoms with E-state index in [4.69, 9.17) is 0 Å². The summed E-state index contributed by atoms with van der Waals surface area (Å²) in [7, 11) is 0. The number of piperazine rings is 1. The van der Waals surface area contributed by atoms with Crippen molar-refractivity contribution in [2.24, 2.45) is 5.41 Å². The van der Waals surface area contributed by atoms with Gasteiger partial charge >= 0.3 is 0 Å². The van der Waals surface area contributed by atoms with Gasteiger partial charge in [0.15, 0.2) is 0 Å². The summed E-state index contributed by atoms with van der Waals surface area (Å²) in [4.78, 5) is 2.59. The monoisotopic (exact) mass is 216 g/mol. The molecule has 3 heteroatoms. The van der Waals surface area contributed by atoms with E-state index in [1.165, 1.54) is 25.4 Å². The van der Waals surface area contributed by atoms with E-state index in [0.29, 0.717) is 11.5 Å². The van der Waals surface area contributed by atoms with Crippen molar-refractivity contribution in [2.75, 3.05) is 38.2 Å². The van der Waals surface area contributed by atoms with Crippen LogP contribution in [0.1, 0.15) is 20.8 Å². The Morgan fingerprint density at radius 1 is 1.43 bits per heavy atom. The lowest BCUT2D eigenvalue weighted by Crippen LogP contribution is -2.56. The molecule has 1 unspecified atom stereocenters. The summed E-state index contributed by atoms with van der Waals surface area (Å²) < 4.78 is 0. The molecule has 1 atom stereocenters. The van der Waals surface area contributed by atoms with E-state index in [-0.39, 0.29) is 0 Å². The van der Waals surface area contributed by atoms with Gasteiger partial charge in [-0.15, -0.1) is 0 Å². The van der Waals surface area contributed by atoms with Crippen molar-refractivity contribution in [3.8, 4) is 0 Å². The predicted molar refractivity (Wildman–Crippen MR) is 66.1 cm³/mol. The second kappa shape index (κ2) is 5.38. The largest absolute Gasteiger partial charge is 0.311 e. The predicted octanol–water partition coefficient (Wildman–Crippen LogP) is 1.67. The molecule has 1 aliphatic heterocycles. The number of hydrogen-bond acceptors (Lipinski definition) is 3. The molecule has 0 aromatic heterocycles. The van der Waals surface area contributed by atoms with Gasteiger partial charge in [-0.25, -0.2) is 0 Å². The molecule has 0 bridgehead atoms. The van der Waals surface area contributed by atoms with Gasteiger partial charge in [-0.3, -0.25) is 4.90 Å². The molecule has 0 radical (unpaired) electrons. The maximum absolute atomic E-state index is 3.62. The van der Waals surface area contributed by atoms with Crippen LogP contribution in [0.15, 0.2) is 0 Å². The smallest absolute Gasteiger partial charge is 0.0244 e. The van der Waals surface area contributed by atoms with Crippen LogP contribution < -0.4 is 5.32 Å². The molecule has 0 spiro atoms. The maximum atomic E-state index is 3.62. The van der Waals surface area contributed by atoms with Crippen molar-refractivity contribution >= 4 is 11.8 Å². The number of nitrogens with one attached hydrogen (secondary N) is 1. The van der Waals surface area contributed by atoms with Crippen molar-refractivity contribution in [2.45, 2.75) is 26.8 Å². The molecule has 1 N–H and O–H groups in total. The second-order valence-corrected chi connectivity index (χ2v) is 6.15. The average molecular weight is 216 g/mol. The fraction of sp³-hybridized carbons (Fsp3) is 1.00. The molecule has 0 aliphatic carbocycles. The third-order valence-electron chi connectivity index (χ3n) is 2.92. The van der Waals surface area contributed by atoms with Crippen molar-refractivity contribution in [1.29, 1.82) is 0 Å². The van der Waals surface area contributed by atoms with Crippen molar-refractivity contribution in [3.05, 3.63) is 0 Å².